The number of nitrogens with one attached hydrogen (secondary N) is 1. The molecule has 0 spiro atoms. The molecule has 0 aliphatic rings. The largest absolute Gasteiger partial charge is 0.493 e. The lowest BCUT2D eigenvalue weighted by atomic mass is 10.1. The van der Waals surface area contributed by atoms with Crippen molar-refractivity contribution in [1.29, 1.82) is 0 Å². The second-order valence-electron chi connectivity index (χ2n) is 9.66. The van der Waals surface area contributed by atoms with Gasteiger partial charge < -0.3 is 4.74 Å². The molecular weight excluding hydrogens is 420 g/mol. The molecule has 188 valence electrons. The number of rotatable bonds is 19. The molecule has 1 aromatic carbocycles. The summed E-state index contributed by atoms with van der Waals surface area (Å²) in [6, 6.07) is 10.3. The molecule has 0 atom stereocenters. The van der Waals surface area contributed by atoms with Crippen LogP contribution in [0.25, 0.3) is 16.9 Å². The van der Waals surface area contributed by atoms with Crippen molar-refractivity contribution >= 4 is 5.65 Å². The first kappa shape index (κ1) is 26.3. The summed E-state index contributed by atoms with van der Waals surface area (Å²) in [5, 5.41) is 8.06. The molecule has 5 heteroatoms. The van der Waals surface area contributed by atoms with E-state index < -0.39 is 0 Å². The number of unbranched alkanes of at least 4 members (excludes halogenated alkanes) is 13. The molecule has 2 heterocycles. The highest BCUT2D eigenvalue weighted by Crippen LogP contribution is 2.29. The molecule has 34 heavy (non-hydrogen) atoms. The van der Waals surface area contributed by atoms with Crippen LogP contribution in [0.2, 0.25) is 0 Å². The predicted molar refractivity (Wildman–Crippen MR) is 143 cm³/mol. The first-order chi connectivity index (χ1) is 16.8. The third-order valence-corrected chi connectivity index (χ3v) is 6.61. The monoisotopic (exact) mass is 466 g/mol. The number of nitrogens with zero attached hydrogens (tertiary/aromatic N) is 3. The van der Waals surface area contributed by atoms with Crippen molar-refractivity contribution in [3.63, 3.8) is 0 Å². The molecule has 0 saturated heterocycles. The van der Waals surface area contributed by atoms with Crippen molar-refractivity contribution in [2.24, 2.45) is 0 Å². The highest BCUT2D eigenvalue weighted by Gasteiger charge is 2.12. The molecular formula is C29H46N4O. The first-order valence-electron chi connectivity index (χ1n) is 14.0. The number of hydrogen-bond acceptors (Lipinski definition) is 3. The molecule has 3 rings (SSSR count). The fraction of sp³-hybridized carbons (Fsp3) is 0.655. The summed E-state index contributed by atoms with van der Waals surface area (Å²) < 4.78 is 7.97. The number of aromatic amines is 1. The van der Waals surface area contributed by atoms with Crippen LogP contribution in [-0.4, -0.2) is 26.4 Å². The molecule has 1 N–H and O–H groups in total. The SMILES string of the molecule is CCCCCCCCCCOc1ccccc1-c1cc2nc(CCCCCCCCC)nn2[nH]1. The Kier molecular flexibility index (Phi) is 12.0. The van der Waals surface area contributed by atoms with Crippen LogP contribution in [0.1, 0.15) is 116 Å². The van der Waals surface area contributed by atoms with Crippen molar-refractivity contribution < 1.29 is 4.74 Å². The fourth-order valence-electron chi connectivity index (χ4n) is 4.54. The van der Waals surface area contributed by atoms with E-state index in [0.717, 1.165) is 47.9 Å². The van der Waals surface area contributed by atoms with E-state index in [4.69, 9.17) is 9.72 Å². The summed E-state index contributed by atoms with van der Waals surface area (Å²) >= 11 is 0. The fourth-order valence-corrected chi connectivity index (χ4v) is 4.54. The summed E-state index contributed by atoms with van der Waals surface area (Å²) in [7, 11) is 0. The van der Waals surface area contributed by atoms with E-state index in [1.165, 1.54) is 89.9 Å². The van der Waals surface area contributed by atoms with Crippen LogP contribution in [0.5, 0.6) is 5.75 Å². The van der Waals surface area contributed by atoms with Gasteiger partial charge in [0.1, 0.15) is 5.75 Å². The van der Waals surface area contributed by atoms with Gasteiger partial charge in [-0.05, 0) is 25.0 Å². The van der Waals surface area contributed by atoms with Gasteiger partial charge in [-0.15, -0.1) is 5.10 Å². The van der Waals surface area contributed by atoms with Gasteiger partial charge in [0, 0.05) is 18.1 Å². The molecule has 0 aliphatic carbocycles. The Bertz CT molecular complexity index is 898. The van der Waals surface area contributed by atoms with Crippen LogP contribution >= 0.6 is 0 Å². The van der Waals surface area contributed by atoms with Crippen LogP contribution in [0.4, 0.5) is 0 Å². The number of aryl methyl sites for hydroxylation is 1. The van der Waals surface area contributed by atoms with Crippen LogP contribution < -0.4 is 4.74 Å². The summed E-state index contributed by atoms with van der Waals surface area (Å²) in [6.45, 7) is 5.30. The van der Waals surface area contributed by atoms with Crippen LogP contribution in [0.3, 0.4) is 0 Å². The zero-order valence-corrected chi connectivity index (χ0v) is 21.7. The van der Waals surface area contributed by atoms with Gasteiger partial charge in [-0.1, -0.05) is 109 Å². The van der Waals surface area contributed by atoms with E-state index >= 15 is 0 Å². The maximum Gasteiger partial charge on any atom is 0.176 e. The standard InChI is InChI=1S/C29H46N4O/c1-3-5-7-9-11-13-15-19-23-34-27-21-18-17-20-25(27)26-24-29-30-28(32-33(29)31-26)22-16-14-12-10-8-6-4-2/h17-18,20-21,24,31H,3-16,19,22-23H2,1-2H3. The van der Waals surface area contributed by atoms with Gasteiger partial charge >= 0.3 is 0 Å². The molecule has 0 radical (unpaired) electrons. The summed E-state index contributed by atoms with van der Waals surface area (Å²) in [5.74, 6) is 1.86. The van der Waals surface area contributed by atoms with Gasteiger partial charge in [0.15, 0.2) is 11.5 Å². The number of aromatic nitrogens is 4. The van der Waals surface area contributed by atoms with Crippen molar-refractivity contribution in [3.8, 4) is 17.0 Å². The number of hydrogen-bond donors (Lipinski definition) is 1. The minimum atomic E-state index is 0.769. The molecule has 3 aromatic rings. The number of H-pyrrole nitrogens is 1. The lowest BCUT2D eigenvalue weighted by Gasteiger charge is -2.10. The third kappa shape index (κ3) is 8.81. The lowest BCUT2D eigenvalue weighted by Crippen LogP contribution is -1.99. The number of benzene rings is 1. The second-order valence-corrected chi connectivity index (χ2v) is 9.66. The van der Waals surface area contributed by atoms with Gasteiger partial charge in [-0.25, -0.2) is 4.98 Å². The molecule has 0 saturated carbocycles. The van der Waals surface area contributed by atoms with Crippen LogP contribution in [0.15, 0.2) is 30.3 Å². The van der Waals surface area contributed by atoms with Crippen molar-refractivity contribution in [2.75, 3.05) is 6.61 Å². The summed E-state index contributed by atoms with van der Waals surface area (Å²) in [4.78, 5) is 4.74. The summed E-state index contributed by atoms with van der Waals surface area (Å²) in [5.41, 5.74) is 2.96. The smallest absolute Gasteiger partial charge is 0.176 e. The highest BCUT2D eigenvalue weighted by atomic mass is 16.5. The number of ether oxygens (including phenoxy) is 1. The van der Waals surface area contributed by atoms with E-state index in [-0.39, 0.29) is 0 Å². The lowest BCUT2D eigenvalue weighted by molar-refractivity contribution is 0.305. The molecule has 0 amide bonds. The predicted octanol–water partition coefficient (Wildman–Crippen LogP) is 8.54. The van der Waals surface area contributed by atoms with Gasteiger partial charge in [0.25, 0.3) is 0 Å². The van der Waals surface area contributed by atoms with E-state index in [9.17, 15) is 0 Å². The van der Waals surface area contributed by atoms with Crippen molar-refractivity contribution in [1.82, 2.24) is 19.8 Å². The number of fused-ring (bicyclic) bond motifs is 1. The maximum absolute atomic E-state index is 6.16. The topological polar surface area (TPSA) is 55.2 Å². The Morgan fingerprint density at radius 1 is 0.765 bits per heavy atom. The molecule has 0 bridgehead atoms. The molecule has 0 aliphatic heterocycles. The first-order valence-corrected chi connectivity index (χ1v) is 14.0. The highest BCUT2D eigenvalue weighted by molar-refractivity contribution is 5.70. The average Bonchev–Trinajstić information content (AvgIpc) is 3.42. The second kappa shape index (κ2) is 15.6. The minimum Gasteiger partial charge on any atom is -0.493 e. The van der Waals surface area contributed by atoms with Crippen LogP contribution in [-0.2, 0) is 6.42 Å². The molecule has 5 nitrogen and oxygen atoms in total. The Morgan fingerprint density at radius 2 is 1.38 bits per heavy atom. The Balaban J connectivity index is 1.43. The third-order valence-electron chi connectivity index (χ3n) is 6.61. The average molecular weight is 467 g/mol. The minimum absolute atomic E-state index is 0.769. The zero-order valence-electron chi connectivity index (χ0n) is 21.7. The van der Waals surface area contributed by atoms with Gasteiger partial charge in [0.05, 0.1) is 12.3 Å². The van der Waals surface area contributed by atoms with Crippen molar-refractivity contribution in [2.45, 2.75) is 117 Å². The van der Waals surface area contributed by atoms with Gasteiger partial charge in [-0.3, -0.25) is 5.10 Å². The number of para-hydroxylation sites is 1. The van der Waals surface area contributed by atoms with Crippen molar-refractivity contribution in [3.05, 3.63) is 36.2 Å². The van der Waals surface area contributed by atoms with E-state index in [2.05, 4.69) is 48.3 Å². The van der Waals surface area contributed by atoms with E-state index in [1.807, 2.05) is 6.07 Å². The molecule has 0 fully saturated rings. The van der Waals surface area contributed by atoms with E-state index in [0.29, 0.717) is 0 Å². The Labute approximate surface area is 206 Å². The Hall–Kier alpha value is -2.30. The molecule has 0 unspecified atom stereocenters. The van der Waals surface area contributed by atoms with Crippen LogP contribution in [0, 0.1) is 0 Å². The van der Waals surface area contributed by atoms with Gasteiger partial charge in [0.2, 0.25) is 0 Å². The molecule has 2 aromatic heterocycles. The summed E-state index contributed by atoms with van der Waals surface area (Å²) in [6.07, 6.45) is 20.6. The van der Waals surface area contributed by atoms with Gasteiger partial charge in [-0.2, -0.15) is 4.63 Å². The zero-order chi connectivity index (χ0) is 23.8. The maximum atomic E-state index is 6.16. The quantitative estimate of drug-likeness (QED) is 0.180. The Morgan fingerprint density at radius 3 is 2.06 bits per heavy atom. The normalized spacial score (nSPS) is 11.5. The van der Waals surface area contributed by atoms with E-state index in [1.54, 1.807) is 4.63 Å².